The lowest BCUT2D eigenvalue weighted by Gasteiger charge is -2.00. The summed E-state index contributed by atoms with van der Waals surface area (Å²) < 4.78 is 6.74. The standard InChI is InChI=1S/C8H8ClN3O/c1-13-8-6-2-5(9)3-7(10)12(6)4-11-8/h2-4H,10H2,1H3. The molecule has 2 heterocycles. The molecule has 68 valence electrons. The minimum Gasteiger partial charge on any atom is -0.479 e. The van der Waals surface area contributed by atoms with E-state index >= 15 is 0 Å². The largest absolute Gasteiger partial charge is 0.479 e. The van der Waals surface area contributed by atoms with Gasteiger partial charge >= 0.3 is 0 Å². The zero-order chi connectivity index (χ0) is 9.42. The second-order valence-electron chi connectivity index (χ2n) is 2.61. The molecule has 0 fully saturated rings. The van der Waals surface area contributed by atoms with Gasteiger partial charge in [-0.3, -0.25) is 4.40 Å². The van der Waals surface area contributed by atoms with Crippen LogP contribution in [0.5, 0.6) is 5.88 Å². The molecule has 0 radical (unpaired) electrons. The first-order valence-corrected chi connectivity index (χ1v) is 4.06. The molecule has 0 aliphatic rings. The summed E-state index contributed by atoms with van der Waals surface area (Å²) in [6, 6.07) is 3.42. The lowest BCUT2D eigenvalue weighted by molar-refractivity contribution is 0.405. The highest BCUT2D eigenvalue weighted by atomic mass is 35.5. The monoisotopic (exact) mass is 197 g/mol. The van der Waals surface area contributed by atoms with Crippen molar-refractivity contribution in [1.82, 2.24) is 9.38 Å². The Kier molecular flexibility index (Phi) is 1.77. The van der Waals surface area contributed by atoms with Gasteiger partial charge in [0.1, 0.15) is 17.7 Å². The fourth-order valence-electron chi connectivity index (χ4n) is 1.22. The molecular weight excluding hydrogens is 190 g/mol. The molecule has 2 aromatic heterocycles. The van der Waals surface area contributed by atoms with Gasteiger partial charge in [0.2, 0.25) is 5.88 Å². The van der Waals surface area contributed by atoms with Crippen molar-refractivity contribution in [3.63, 3.8) is 0 Å². The van der Waals surface area contributed by atoms with Crippen LogP contribution < -0.4 is 10.5 Å². The van der Waals surface area contributed by atoms with Crippen molar-refractivity contribution in [2.24, 2.45) is 0 Å². The van der Waals surface area contributed by atoms with Crippen LogP contribution >= 0.6 is 11.6 Å². The van der Waals surface area contributed by atoms with Crippen molar-refractivity contribution in [1.29, 1.82) is 0 Å². The number of methoxy groups -OCH3 is 1. The molecule has 2 N–H and O–H groups in total. The maximum atomic E-state index is 5.83. The van der Waals surface area contributed by atoms with Crippen LogP contribution in [0.25, 0.3) is 5.52 Å². The van der Waals surface area contributed by atoms with Gasteiger partial charge in [0, 0.05) is 5.02 Å². The summed E-state index contributed by atoms with van der Waals surface area (Å²) in [4.78, 5) is 4.02. The summed E-state index contributed by atoms with van der Waals surface area (Å²) in [6.45, 7) is 0. The number of anilines is 1. The van der Waals surface area contributed by atoms with Crippen molar-refractivity contribution in [2.75, 3.05) is 12.8 Å². The molecule has 0 bridgehead atoms. The molecule has 13 heavy (non-hydrogen) atoms. The number of hydrogen-bond acceptors (Lipinski definition) is 3. The minimum atomic E-state index is 0.522. The summed E-state index contributed by atoms with van der Waals surface area (Å²) >= 11 is 5.83. The van der Waals surface area contributed by atoms with E-state index in [0.717, 1.165) is 5.52 Å². The van der Waals surface area contributed by atoms with Crippen LogP contribution in [0.4, 0.5) is 5.82 Å². The summed E-state index contributed by atoms with van der Waals surface area (Å²) in [5, 5.41) is 0.573. The fraction of sp³-hybridized carbons (Fsp3) is 0.125. The van der Waals surface area contributed by atoms with Gasteiger partial charge in [-0.05, 0) is 12.1 Å². The summed E-state index contributed by atoms with van der Waals surface area (Å²) in [6.07, 6.45) is 1.60. The Labute approximate surface area is 79.9 Å². The number of nitrogens with two attached hydrogens (primary N) is 1. The molecule has 0 aliphatic heterocycles. The Morgan fingerprint density at radius 2 is 2.31 bits per heavy atom. The minimum absolute atomic E-state index is 0.522. The number of pyridine rings is 1. The average Bonchev–Trinajstić information content (AvgIpc) is 2.47. The van der Waals surface area contributed by atoms with Crippen LogP contribution in [0.1, 0.15) is 0 Å². The first-order valence-electron chi connectivity index (χ1n) is 3.68. The predicted octanol–water partition coefficient (Wildman–Crippen LogP) is 1.58. The lowest BCUT2D eigenvalue weighted by Crippen LogP contribution is -1.95. The molecule has 0 aliphatic carbocycles. The molecule has 0 spiro atoms. The van der Waals surface area contributed by atoms with E-state index in [4.69, 9.17) is 22.1 Å². The fourth-order valence-corrected chi connectivity index (χ4v) is 1.43. The molecule has 4 nitrogen and oxygen atoms in total. The number of nitrogens with zero attached hydrogens (tertiary/aromatic N) is 2. The highest BCUT2D eigenvalue weighted by Crippen LogP contribution is 2.24. The molecular formula is C8H8ClN3O. The van der Waals surface area contributed by atoms with Gasteiger partial charge in [-0.2, -0.15) is 0 Å². The Morgan fingerprint density at radius 3 is 3.00 bits per heavy atom. The van der Waals surface area contributed by atoms with E-state index < -0.39 is 0 Å². The van der Waals surface area contributed by atoms with Crippen LogP contribution in [-0.2, 0) is 0 Å². The van der Waals surface area contributed by atoms with Gasteiger partial charge in [-0.1, -0.05) is 11.6 Å². The molecule has 2 rings (SSSR count). The SMILES string of the molecule is COc1ncn2c(N)cc(Cl)cc12. The number of hydrogen-bond donors (Lipinski definition) is 1. The Morgan fingerprint density at radius 1 is 1.54 bits per heavy atom. The molecule has 5 heteroatoms. The number of rotatable bonds is 1. The average molecular weight is 198 g/mol. The Hall–Kier alpha value is -1.42. The van der Waals surface area contributed by atoms with E-state index in [-0.39, 0.29) is 0 Å². The molecule has 0 saturated heterocycles. The highest BCUT2D eigenvalue weighted by Gasteiger charge is 2.06. The molecule has 0 amide bonds. The maximum Gasteiger partial charge on any atom is 0.239 e. The zero-order valence-electron chi connectivity index (χ0n) is 6.99. The van der Waals surface area contributed by atoms with Gasteiger partial charge in [0.15, 0.2) is 0 Å². The van der Waals surface area contributed by atoms with Crippen LogP contribution in [0.15, 0.2) is 18.5 Å². The third-order valence-corrected chi connectivity index (χ3v) is 2.02. The van der Waals surface area contributed by atoms with Gasteiger partial charge in [-0.15, -0.1) is 0 Å². The van der Waals surface area contributed by atoms with Crippen molar-refractivity contribution in [3.05, 3.63) is 23.5 Å². The summed E-state index contributed by atoms with van der Waals surface area (Å²) in [5.41, 5.74) is 6.48. The van der Waals surface area contributed by atoms with E-state index in [9.17, 15) is 0 Å². The Bertz CT molecular complexity index is 452. The van der Waals surface area contributed by atoms with Crippen molar-refractivity contribution in [2.45, 2.75) is 0 Å². The van der Waals surface area contributed by atoms with Crippen molar-refractivity contribution in [3.8, 4) is 5.88 Å². The maximum absolute atomic E-state index is 5.83. The number of fused-ring (bicyclic) bond motifs is 1. The van der Waals surface area contributed by atoms with Gasteiger partial charge < -0.3 is 10.5 Å². The van der Waals surface area contributed by atoms with Gasteiger partial charge in [-0.25, -0.2) is 4.98 Å². The van der Waals surface area contributed by atoms with Crippen LogP contribution in [0.3, 0.4) is 0 Å². The van der Waals surface area contributed by atoms with Crippen LogP contribution in [-0.4, -0.2) is 16.5 Å². The topological polar surface area (TPSA) is 52.5 Å². The molecule has 0 atom stereocenters. The second-order valence-corrected chi connectivity index (χ2v) is 3.04. The second kappa shape index (κ2) is 2.81. The van der Waals surface area contributed by atoms with Crippen LogP contribution in [0.2, 0.25) is 5.02 Å². The number of halogens is 1. The lowest BCUT2D eigenvalue weighted by atomic mass is 10.4. The van der Waals surface area contributed by atoms with E-state index in [1.807, 2.05) is 0 Å². The van der Waals surface area contributed by atoms with Crippen molar-refractivity contribution < 1.29 is 4.74 Å². The number of nitrogen functional groups attached to an aromatic ring is 1. The first-order chi connectivity index (χ1) is 6.22. The number of imidazole rings is 1. The van der Waals surface area contributed by atoms with Gasteiger partial charge in [0.25, 0.3) is 0 Å². The van der Waals surface area contributed by atoms with E-state index in [1.54, 1.807) is 30.0 Å². The van der Waals surface area contributed by atoms with Gasteiger partial charge in [0.05, 0.1) is 7.11 Å². The van der Waals surface area contributed by atoms with E-state index in [1.165, 1.54) is 0 Å². The van der Waals surface area contributed by atoms with Crippen molar-refractivity contribution >= 4 is 22.9 Å². The third-order valence-electron chi connectivity index (χ3n) is 1.80. The molecule has 0 aromatic carbocycles. The van der Waals surface area contributed by atoms with E-state index in [2.05, 4.69) is 4.98 Å². The summed E-state index contributed by atoms with van der Waals surface area (Å²) in [7, 11) is 1.55. The molecule has 0 saturated carbocycles. The molecule has 2 aromatic rings. The summed E-state index contributed by atoms with van der Waals surface area (Å²) in [5.74, 6) is 1.06. The van der Waals surface area contributed by atoms with Crippen LogP contribution in [0, 0.1) is 0 Å². The predicted molar refractivity (Wildman–Crippen MR) is 51.2 cm³/mol. The zero-order valence-corrected chi connectivity index (χ0v) is 7.75. The molecule has 0 unspecified atom stereocenters. The number of aromatic nitrogens is 2. The highest BCUT2D eigenvalue weighted by molar-refractivity contribution is 6.31. The number of ether oxygens (including phenoxy) is 1. The quantitative estimate of drug-likeness (QED) is 0.755. The Balaban J connectivity index is 2.82. The first kappa shape index (κ1) is 8.19. The smallest absolute Gasteiger partial charge is 0.239 e. The third kappa shape index (κ3) is 1.19. The normalized spacial score (nSPS) is 10.6. The van der Waals surface area contributed by atoms with E-state index in [0.29, 0.717) is 16.7 Å².